The largest absolute Gasteiger partial charge is 0.545 e. The molecule has 0 fully saturated rings. The fourth-order valence-electron chi connectivity index (χ4n) is 1.38. The number of hydrogen-bond acceptors (Lipinski definition) is 5. The van der Waals surface area contributed by atoms with Crippen LogP contribution in [-0.2, 0) is 4.74 Å². The van der Waals surface area contributed by atoms with Gasteiger partial charge in [0.1, 0.15) is 17.1 Å². The summed E-state index contributed by atoms with van der Waals surface area (Å²) in [7, 11) is 0. The van der Waals surface area contributed by atoms with E-state index in [9.17, 15) is 14.7 Å². The Morgan fingerprint density at radius 2 is 1.80 bits per heavy atom. The van der Waals surface area contributed by atoms with E-state index < -0.39 is 11.9 Å². The first-order valence-corrected chi connectivity index (χ1v) is 4.47. The molecule has 0 atom stereocenters. The van der Waals surface area contributed by atoms with Crippen LogP contribution in [0.3, 0.4) is 0 Å². The van der Waals surface area contributed by atoms with Crippen LogP contribution >= 0.6 is 0 Å². The zero-order valence-electron chi connectivity index (χ0n) is 8.75. The molecular formula is C10H11O5-. The van der Waals surface area contributed by atoms with Gasteiger partial charge in [0.05, 0.1) is 18.1 Å². The average Bonchev–Trinajstić information content (AvgIpc) is 2.41. The van der Waals surface area contributed by atoms with Crippen LogP contribution in [0.5, 0.6) is 0 Å². The van der Waals surface area contributed by atoms with E-state index in [1.54, 1.807) is 6.92 Å². The van der Waals surface area contributed by atoms with Crippen LogP contribution in [0.2, 0.25) is 0 Å². The van der Waals surface area contributed by atoms with Gasteiger partial charge in [-0.2, -0.15) is 0 Å². The molecule has 1 rings (SSSR count). The number of ether oxygens (including phenoxy) is 1. The first-order valence-electron chi connectivity index (χ1n) is 4.47. The lowest BCUT2D eigenvalue weighted by molar-refractivity contribution is -0.255. The van der Waals surface area contributed by atoms with Crippen molar-refractivity contribution >= 4 is 11.9 Å². The molecule has 0 aliphatic carbocycles. The summed E-state index contributed by atoms with van der Waals surface area (Å²) in [5, 5.41) is 10.8. The van der Waals surface area contributed by atoms with Gasteiger partial charge in [0.15, 0.2) is 0 Å². The topological polar surface area (TPSA) is 79.6 Å². The average molecular weight is 211 g/mol. The molecule has 5 heteroatoms. The second-order valence-corrected chi connectivity index (χ2v) is 2.97. The number of aryl methyl sites for hydroxylation is 2. The molecule has 15 heavy (non-hydrogen) atoms. The highest BCUT2D eigenvalue weighted by molar-refractivity contribution is 6.03. The normalized spacial score (nSPS) is 10.1. The van der Waals surface area contributed by atoms with Gasteiger partial charge >= 0.3 is 5.97 Å². The number of carbonyl (C=O) groups excluding carboxylic acids is 2. The fraction of sp³-hybridized carbons (Fsp3) is 0.400. The van der Waals surface area contributed by atoms with E-state index in [1.807, 2.05) is 0 Å². The summed E-state index contributed by atoms with van der Waals surface area (Å²) in [5.74, 6) is -1.76. The molecule has 1 aromatic rings. The van der Waals surface area contributed by atoms with Crippen molar-refractivity contribution in [3.63, 3.8) is 0 Å². The van der Waals surface area contributed by atoms with Crippen molar-refractivity contribution in [2.24, 2.45) is 0 Å². The van der Waals surface area contributed by atoms with Crippen LogP contribution in [0.1, 0.15) is 39.2 Å². The molecule has 0 bridgehead atoms. The molecule has 0 N–H and O–H groups in total. The number of hydrogen-bond donors (Lipinski definition) is 0. The maximum absolute atomic E-state index is 11.4. The van der Waals surface area contributed by atoms with Gasteiger partial charge in [-0.05, 0) is 20.8 Å². The van der Waals surface area contributed by atoms with Crippen LogP contribution < -0.4 is 5.11 Å². The van der Waals surface area contributed by atoms with E-state index in [0.717, 1.165) is 0 Å². The highest BCUT2D eigenvalue weighted by atomic mass is 16.5. The van der Waals surface area contributed by atoms with Gasteiger partial charge in [-0.3, -0.25) is 0 Å². The van der Waals surface area contributed by atoms with Crippen molar-refractivity contribution < 1.29 is 23.8 Å². The van der Waals surface area contributed by atoms with Crippen LogP contribution in [0, 0.1) is 13.8 Å². The van der Waals surface area contributed by atoms with Crippen molar-refractivity contribution in [1.82, 2.24) is 0 Å². The number of aromatic carboxylic acids is 1. The number of carbonyl (C=O) groups is 2. The summed E-state index contributed by atoms with van der Waals surface area (Å²) in [5.41, 5.74) is -0.291. The molecule has 0 unspecified atom stereocenters. The Balaban J connectivity index is 3.26. The molecule has 0 amide bonds. The number of carboxylic acid groups (broad SMARTS) is 1. The van der Waals surface area contributed by atoms with Gasteiger partial charge in [-0.1, -0.05) is 0 Å². The highest BCUT2D eigenvalue weighted by Crippen LogP contribution is 2.21. The predicted octanol–water partition coefficient (Wildman–Crippen LogP) is 0.437. The van der Waals surface area contributed by atoms with Gasteiger partial charge in [-0.15, -0.1) is 0 Å². The SMILES string of the molecule is CCOC(=O)c1c(C)oc(C)c1C(=O)[O-]. The Kier molecular flexibility index (Phi) is 3.14. The molecule has 0 aliphatic heterocycles. The minimum absolute atomic E-state index is 0.0608. The van der Waals surface area contributed by atoms with E-state index in [2.05, 4.69) is 0 Å². The minimum atomic E-state index is -1.44. The lowest BCUT2D eigenvalue weighted by Gasteiger charge is -2.04. The molecule has 0 aromatic carbocycles. The molecule has 0 radical (unpaired) electrons. The number of rotatable bonds is 3. The van der Waals surface area contributed by atoms with Crippen molar-refractivity contribution in [2.75, 3.05) is 6.61 Å². The summed E-state index contributed by atoms with van der Waals surface area (Å²) >= 11 is 0. The number of esters is 1. The van der Waals surface area contributed by atoms with Gasteiger partial charge < -0.3 is 19.1 Å². The molecule has 82 valence electrons. The van der Waals surface area contributed by atoms with Crippen LogP contribution in [0.4, 0.5) is 0 Å². The highest BCUT2D eigenvalue weighted by Gasteiger charge is 2.22. The Morgan fingerprint density at radius 1 is 1.27 bits per heavy atom. The number of furan rings is 1. The molecular weight excluding hydrogens is 200 g/mol. The van der Waals surface area contributed by atoms with E-state index in [0.29, 0.717) is 0 Å². The second kappa shape index (κ2) is 4.16. The summed E-state index contributed by atoms with van der Waals surface area (Å²) in [6.07, 6.45) is 0. The third-order valence-corrected chi connectivity index (χ3v) is 1.94. The van der Waals surface area contributed by atoms with Crippen LogP contribution in [0.25, 0.3) is 0 Å². The summed E-state index contributed by atoms with van der Waals surface area (Å²) < 4.78 is 9.78. The Labute approximate surface area is 86.6 Å². The number of carboxylic acids is 1. The molecule has 1 heterocycles. The quantitative estimate of drug-likeness (QED) is 0.677. The smallest absolute Gasteiger partial charge is 0.342 e. The van der Waals surface area contributed by atoms with E-state index in [-0.39, 0.29) is 29.3 Å². The molecule has 0 saturated carbocycles. The zero-order chi connectivity index (χ0) is 11.6. The van der Waals surface area contributed by atoms with E-state index >= 15 is 0 Å². The molecule has 1 aromatic heterocycles. The summed E-state index contributed by atoms with van der Waals surface area (Å²) in [6.45, 7) is 4.78. The van der Waals surface area contributed by atoms with Crippen molar-refractivity contribution in [3.8, 4) is 0 Å². The Hall–Kier alpha value is -1.78. The van der Waals surface area contributed by atoms with E-state index in [4.69, 9.17) is 9.15 Å². The monoisotopic (exact) mass is 211 g/mol. The first-order chi connectivity index (χ1) is 6.99. The summed E-state index contributed by atoms with van der Waals surface area (Å²) in [6, 6.07) is 0. The van der Waals surface area contributed by atoms with Crippen molar-refractivity contribution in [2.45, 2.75) is 20.8 Å². The van der Waals surface area contributed by atoms with E-state index in [1.165, 1.54) is 13.8 Å². The fourth-order valence-corrected chi connectivity index (χ4v) is 1.38. The zero-order valence-corrected chi connectivity index (χ0v) is 8.75. The molecule has 0 aliphatic rings. The van der Waals surface area contributed by atoms with Crippen molar-refractivity contribution in [3.05, 3.63) is 22.6 Å². The second-order valence-electron chi connectivity index (χ2n) is 2.97. The van der Waals surface area contributed by atoms with Crippen LogP contribution in [-0.4, -0.2) is 18.5 Å². The maximum Gasteiger partial charge on any atom is 0.342 e. The van der Waals surface area contributed by atoms with Gasteiger partial charge in [0.25, 0.3) is 0 Å². The standard InChI is InChI=1S/C10H12O5/c1-4-14-10(13)8-6(3)15-5(2)7(8)9(11)12/h4H2,1-3H3,(H,11,12)/p-1. The minimum Gasteiger partial charge on any atom is -0.545 e. The van der Waals surface area contributed by atoms with Gasteiger partial charge in [0.2, 0.25) is 0 Å². The van der Waals surface area contributed by atoms with Gasteiger partial charge in [-0.25, -0.2) is 4.79 Å². The lowest BCUT2D eigenvalue weighted by atomic mass is 10.1. The lowest BCUT2D eigenvalue weighted by Crippen LogP contribution is -2.25. The molecule has 0 saturated heterocycles. The maximum atomic E-state index is 11.4. The van der Waals surface area contributed by atoms with Crippen LogP contribution in [0.15, 0.2) is 4.42 Å². The van der Waals surface area contributed by atoms with Crippen molar-refractivity contribution in [1.29, 1.82) is 0 Å². The summed E-state index contributed by atoms with van der Waals surface area (Å²) in [4.78, 5) is 22.2. The third kappa shape index (κ3) is 2.01. The first kappa shape index (κ1) is 11.3. The Bertz CT molecular complexity index is 402. The third-order valence-electron chi connectivity index (χ3n) is 1.94. The van der Waals surface area contributed by atoms with Gasteiger partial charge in [0, 0.05) is 0 Å². The Morgan fingerprint density at radius 3 is 2.27 bits per heavy atom. The molecule has 5 nitrogen and oxygen atoms in total. The molecule has 0 spiro atoms. The predicted molar refractivity (Wildman–Crippen MR) is 48.5 cm³/mol.